The van der Waals surface area contributed by atoms with Crippen molar-refractivity contribution in [3.8, 4) is 0 Å². The number of carbonyl (C=O) groups is 1. The molecule has 0 aliphatic rings. The summed E-state index contributed by atoms with van der Waals surface area (Å²) in [4.78, 5) is 13.9. The molecule has 1 aromatic carbocycles. The van der Waals surface area contributed by atoms with Gasteiger partial charge < -0.3 is 15.1 Å². The SMILES string of the molecule is CC(C)[C@@H](N)C(=O)N(C)C(C)c1cc2ccccc2o1. The highest BCUT2D eigenvalue weighted by Gasteiger charge is 2.26. The molecule has 0 aliphatic heterocycles. The van der Waals surface area contributed by atoms with Crippen molar-refractivity contribution in [3.63, 3.8) is 0 Å². The van der Waals surface area contributed by atoms with Gasteiger partial charge in [0, 0.05) is 12.4 Å². The third kappa shape index (κ3) is 2.70. The summed E-state index contributed by atoms with van der Waals surface area (Å²) in [7, 11) is 1.77. The second-order valence-corrected chi connectivity index (χ2v) is 5.58. The van der Waals surface area contributed by atoms with Gasteiger partial charge in [-0.2, -0.15) is 0 Å². The fourth-order valence-electron chi connectivity index (χ4n) is 2.11. The first kappa shape index (κ1) is 14.6. The first-order chi connectivity index (χ1) is 9.41. The molecule has 2 aromatic rings. The number of fused-ring (bicyclic) bond motifs is 1. The van der Waals surface area contributed by atoms with E-state index in [0.717, 1.165) is 16.7 Å². The lowest BCUT2D eigenvalue weighted by Gasteiger charge is -2.27. The van der Waals surface area contributed by atoms with Gasteiger partial charge in [0.15, 0.2) is 0 Å². The molecule has 2 rings (SSSR count). The lowest BCUT2D eigenvalue weighted by atomic mass is 10.0. The van der Waals surface area contributed by atoms with Gasteiger partial charge in [-0.15, -0.1) is 0 Å². The van der Waals surface area contributed by atoms with Crippen molar-refractivity contribution in [2.45, 2.75) is 32.9 Å². The van der Waals surface area contributed by atoms with Crippen LogP contribution >= 0.6 is 0 Å². The molecule has 4 nitrogen and oxygen atoms in total. The number of benzene rings is 1. The lowest BCUT2D eigenvalue weighted by molar-refractivity contribution is -0.134. The van der Waals surface area contributed by atoms with Gasteiger partial charge in [0.05, 0.1) is 12.1 Å². The van der Waals surface area contributed by atoms with Crippen molar-refractivity contribution in [3.05, 3.63) is 36.1 Å². The number of furan rings is 1. The van der Waals surface area contributed by atoms with E-state index in [9.17, 15) is 4.79 Å². The lowest BCUT2D eigenvalue weighted by Crippen LogP contribution is -2.45. The number of nitrogens with two attached hydrogens (primary N) is 1. The minimum Gasteiger partial charge on any atom is -0.459 e. The first-order valence-electron chi connectivity index (χ1n) is 6.92. The van der Waals surface area contributed by atoms with E-state index in [0.29, 0.717) is 0 Å². The van der Waals surface area contributed by atoms with Crippen LogP contribution in [0.2, 0.25) is 0 Å². The van der Waals surface area contributed by atoms with Gasteiger partial charge in [-0.25, -0.2) is 0 Å². The molecule has 0 bridgehead atoms. The molecule has 108 valence electrons. The van der Waals surface area contributed by atoms with Crippen molar-refractivity contribution in [2.24, 2.45) is 11.7 Å². The molecule has 2 N–H and O–H groups in total. The Bertz CT molecular complexity index is 570. The highest BCUT2D eigenvalue weighted by Crippen LogP contribution is 2.27. The summed E-state index contributed by atoms with van der Waals surface area (Å²) in [6, 6.07) is 9.18. The second kappa shape index (κ2) is 5.67. The van der Waals surface area contributed by atoms with Crippen molar-refractivity contribution in [1.29, 1.82) is 0 Å². The van der Waals surface area contributed by atoms with Crippen molar-refractivity contribution in [2.75, 3.05) is 7.05 Å². The number of hydrogen-bond donors (Lipinski definition) is 1. The smallest absolute Gasteiger partial charge is 0.240 e. The molecular formula is C16H22N2O2. The number of hydrogen-bond acceptors (Lipinski definition) is 3. The van der Waals surface area contributed by atoms with Crippen LogP contribution < -0.4 is 5.73 Å². The number of para-hydroxylation sites is 1. The van der Waals surface area contributed by atoms with Crippen molar-refractivity contribution >= 4 is 16.9 Å². The Kier molecular flexibility index (Phi) is 4.14. The topological polar surface area (TPSA) is 59.5 Å². The largest absolute Gasteiger partial charge is 0.459 e. The molecule has 1 unspecified atom stereocenters. The van der Waals surface area contributed by atoms with Gasteiger partial charge in [0.1, 0.15) is 11.3 Å². The number of rotatable bonds is 4. The van der Waals surface area contributed by atoms with Crippen LogP contribution in [0.25, 0.3) is 11.0 Å². The minimum atomic E-state index is -0.480. The number of carbonyl (C=O) groups excluding carboxylic acids is 1. The van der Waals surface area contributed by atoms with Gasteiger partial charge in [0.25, 0.3) is 0 Å². The monoisotopic (exact) mass is 274 g/mol. The van der Waals surface area contributed by atoms with Crippen LogP contribution in [0.15, 0.2) is 34.7 Å². The Morgan fingerprint density at radius 2 is 1.90 bits per heavy atom. The van der Waals surface area contributed by atoms with E-state index >= 15 is 0 Å². The Hall–Kier alpha value is -1.81. The summed E-state index contributed by atoms with van der Waals surface area (Å²) in [5.41, 5.74) is 6.77. The van der Waals surface area contributed by atoms with Crippen LogP contribution in [0, 0.1) is 5.92 Å². The number of likely N-dealkylation sites (N-methyl/N-ethyl adjacent to an activating group) is 1. The van der Waals surface area contributed by atoms with Gasteiger partial charge in [0.2, 0.25) is 5.91 Å². The minimum absolute atomic E-state index is 0.0621. The molecule has 0 spiro atoms. The summed E-state index contributed by atoms with van der Waals surface area (Å²) < 4.78 is 5.81. The quantitative estimate of drug-likeness (QED) is 0.932. The van der Waals surface area contributed by atoms with E-state index in [1.54, 1.807) is 11.9 Å². The molecule has 0 radical (unpaired) electrons. The first-order valence-corrected chi connectivity index (χ1v) is 6.92. The van der Waals surface area contributed by atoms with Crippen LogP contribution in [0.5, 0.6) is 0 Å². The van der Waals surface area contributed by atoms with Crippen LogP contribution in [-0.4, -0.2) is 23.9 Å². The van der Waals surface area contributed by atoms with Gasteiger partial charge in [-0.3, -0.25) is 4.79 Å². The highest BCUT2D eigenvalue weighted by molar-refractivity contribution is 5.82. The number of amides is 1. The summed E-state index contributed by atoms with van der Waals surface area (Å²) >= 11 is 0. The molecule has 0 fully saturated rings. The molecule has 0 saturated carbocycles. The summed E-state index contributed by atoms with van der Waals surface area (Å²) in [6.07, 6.45) is 0. The molecule has 0 saturated heterocycles. The second-order valence-electron chi connectivity index (χ2n) is 5.58. The van der Waals surface area contributed by atoms with E-state index in [1.807, 2.05) is 51.1 Å². The normalized spacial score (nSPS) is 14.5. The van der Waals surface area contributed by atoms with E-state index < -0.39 is 6.04 Å². The maximum absolute atomic E-state index is 12.3. The van der Waals surface area contributed by atoms with Gasteiger partial charge in [-0.05, 0) is 25.0 Å². The molecule has 1 aromatic heterocycles. The Morgan fingerprint density at radius 1 is 1.25 bits per heavy atom. The highest BCUT2D eigenvalue weighted by atomic mass is 16.3. The molecule has 20 heavy (non-hydrogen) atoms. The Morgan fingerprint density at radius 3 is 2.50 bits per heavy atom. The van der Waals surface area contributed by atoms with Crippen LogP contribution in [-0.2, 0) is 4.79 Å². The van der Waals surface area contributed by atoms with E-state index in [1.165, 1.54) is 0 Å². The predicted molar refractivity (Wildman–Crippen MR) is 80.2 cm³/mol. The average molecular weight is 274 g/mol. The van der Waals surface area contributed by atoms with E-state index in [2.05, 4.69) is 0 Å². The summed E-state index contributed by atoms with van der Waals surface area (Å²) in [5, 5.41) is 1.04. The maximum Gasteiger partial charge on any atom is 0.240 e. The van der Waals surface area contributed by atoms with Crippen LogP contribution in [0.4, 0.5) is 0 Å². The average Bonchev–Trinajstić information content (AvgIpc) is 2.87. The van der Waals surface area contributed by atoms with E-state index in [-0.39, 0.29) is 17.9 Å². The summed E-state index contributed by atoms with van der Waals surface area (Å²) in [5.74, 6) is 0.832. The van der Waals surface area contributed by atoms with E-state index in [4.69, 9.17) is 10.2 Å². The molecule has 2 atom stereocenters. The Balaban J connectivity index is 2.21. The van der Waals surface area contributed by atoms with Crippen molar-refractivity contribution in [1.82, 2.24) is 4.90 Å². The third-order valence-corrected chi connectivity index (χ3v) is 3.79. The zero-order valence-electron chi connectivity index (χ0n) is 12.5. The zero-order chi connectivity index (χ0) is 14.9. The zero-order valence-corrected chi connectivity index (χ0v) is 12.5. The third-order valence-electron chi connectivity index (χ3n) is 3.79. The molecule has 1 amide bonds. The van der Waals surface area contributed by atoms with Crippen LogP contribution in [0.3, 0.4) is 0 Å². The van der Waals surface area contributed by atoms with Crippen molar-refractivity contribution < 1.29 is 9.21 Å². The predicted octanol–water partition coefficient (Wildman–Crippen LogP) is 2.94. The molecule has 1 heterocycles. The Labute approximate surface area is 119 Å². The molecular weight excluding hydrogens is 252 g/mol. The fraction of sp³-hybridized carbons (Fsp3) is 0.438. The maximum atomic E-state index is 12.3. The van der Waals surface area contributed by atoms with Crippen LogP contribution in [0.1, 0.15) is 32.6 Å². The molecule has 0 aliphatic carbocycles. The fourth-order valence-corrected chi connectivity index (χ4v) is 2.11. The number of nitrogens with zero attached hydrogens (tertiary/aromatic N) is 1. The summed E-state index contributed by atoms with van der Waals surface area (Å²) in [6.45, 7) is 5.84. The standard InChI is InChI=1S/C16H22N2O2/c1-10(2)15(17)16(19)18(4)11(3)14-9-12-7-5-6-8-13(12)20-14/h5-11,15H,17H2,1-4H3/t11?,15-/m1/s1. The molecule has 4 heteroatoms. The van der Waals surface area contributed by atoms with Gasteiger partial charge in [-0.1, -0.05) is 32.0 Å². The van der Waals surface area contributed by atoms with Gasteiger partial charge >= 0.3 is 0 Å².